The van der Waals surface area contributed by atoms with E-state index in [9.17, 15) is 19.2 Å². The van der Waals surface area contributed by atoms with Gasteiger partial charge in [0.05, 0.1) is 52.0 Å². The fraction of sp³-hybridized carbons (Fsp3) is 0.368. The van der Waals surface area contributed by atoms with Gasteiger partial charge in [0.15, 0.2) is 0 Å². The van der Waals surface area contributed by atoms with E-state index in [2.05, 4.69) is 104 Å². The average Bonchev–Trinajstić information content (AvgIpc) is 0.973. The molecule has 4 saturated heterocycles. The Balaban J connectivity index is 0.000000114. The third kappa shape index (κ3) is 17.0. The molecule has 1 N–H and O–H groups in total. The van der Waals surface area contributed by atoms with Crippen molar-refractivity contribution >= 4 is 50.4 Å². The number of imidazole rings is 3. The van der Waals surface area contributed by atoms with Crippen molar-refractivity contribution in [1.82, 2.24) is 95.1 Å². The Morgan fingerprint density at radius 1 is 0.375 bits per heavy atom. The summed E-state index contributed by atoms with van der Waals surface area (Å²) in [7, 11) is 4.06. The molecular weight excluding hydrogens is 1500 g/mol. The van der Waals surface area contributed by atoms with E-state index in [1.807, 2.05) is 178 Å². The van der Waals surface area contributed by atoms with Gasteiger partial charge in [0.25, 0.3) is 22.2 Å². The molecule has 0 aliphatic carbocycles. The number of β-amino-alcohol motifs (C(OH)–C–C–N with tert-alkyl or cyclic N) is 1. The second-order valence-corrected chi connectivity index (χ2v) is 33.9. The minimum Gasteiger partial charge on any atom is -0.395 e. The molecular formula is C95H106N20O5. The summed E-state index contributed by atoms with van der Waals surface area (Å²) < 4.78 is 14.5. The third-order valence-electron chi connectivity index (χ3n) is 25.0. The van der Waals surface area contributed by atoms with Crippen molar-refractivity contribution in [3.05, 3.63) is 275 Å². The van der Waals surface area contributed by atoms with Crippen LogP contribution in [0.2, 0.25) is 0 Å². The Labute approximate surface area is 696 Å². The van der Waals surface area contributed by atoms with Crippen LogP contribution >= 0.6 is 0 Å². The van der Waals surface area contributed by atoms with E-state index in [4.69, 9.17) is 25.0 Å². The van der Waals surface area contributed by atoms with Crippen molar-refractivity contribution in [3.63, 3.8) is 0 Å². The molecule has 4 fully saturated rings. The van der Waals surface area contributed by atoms with Gasteiger partial charge in [-0.1, -0.05) is 37.3 Å². The normalized spacial score (nSPS) is 16.0. The van der Waals surface area contributed by atoms with Crippen LogP contribution in [0.4, 0.5) is 0 Å². The highest BCUT2D eigenvalue weighted by atomic mass is 16.3. The molecule has 0 saturated carbocycles. The summed E-state index contributed by atoms with van der Waals surface area (Å²) in [6, 6.07) is 35.6. The first-order valence-electron chi connectivity index (χ1n) is 42.4. The molecule has 19 heterocycles. The van der Waals surface area contributed by atoms with Crippen LogP contribution in [0, 0.1) is 41.5 Å². The van der Waals surface area contributed by atoms with Gasteiger partial charge in [0, 0.05) is 140 Å². The molecule has 15 aromatic heterocycles. The van der Waals surface area contributed by atoms with E-state index in [1.54, 1.807) is 46.6 Å². The van der Waals surface area contributed by atoms with Crippen molar-refractivity contribution in [2.24, 2.45) is 7.05 Å². The van der Waals surface area contributed by atoms with E-state index in [0.29, 0.717) is 75.1 Å². The van der Waals surface area contributed by atoms with E-state index in [-0.39, 0.29) is 28.8 Å². The van der Waals surface area contributed by atoms with Crippen LogP contribution in [-0.4, -0.2) is 185 Å². The number of piperidine rings is 4. The maximum atomic E-state index is 13.0. The number of benzene rings is 1. The van der Waals surface area contributed by atoms with Gasteiger partial charge in [-0.2, -0.15) is 5.10 Å². The summed E-state index contributed by atoms with van der Waals surface area (Å²) in [4.78, 5) is 94.2. The van der Waals surface area contributed by atoms with E-state index >= 15 is 0 Å². The SMILES string of the molecule is CCN1CCC(c2ccc3nc(-c4cc(C)c5nc(C)cn5c4)cc(=O)n3c2)CC1.Cc1cn2cc(-c3cc(=O)n4cc(C5CCN(C(C)C)CC5)ccc4n3)cc(C)c2n1.Cc1cn2cc(-c3cc(=O)n4cc(C5CCN(C)CC5)ccc4n3)cc(C)c2n1.Cn1cc2cc(-c3cc(=O)n4cc(C5CCN(CCO)CC5)ccc4n3)ccc2n1. The quantitative estimate of drug-likeness (QED) is 0.120. The number of aliphatic hydroxyl groups is 1. The zero-order valence-corrected chi connectivity index (χ0v) is 70.6. The Bertz CT molecular complexity index is 6790. The fourth-order valence-electron chi connectivity index (χ4n) is 18.2. The van der Waals surface area contributed by atoms with Crippen molar-refractivity contribution in [1.29, 1.82) is 0 Å². The summed E-state index contributed by atoms with van der Waals surface area (Å²) in [6.07, 6.45) is 30.8. The summed E-state index contributed by atoms with van der Waals surface area (Å²) in [5.41, 5.74) is 23.7. The maximum absolute atomic E-state index is 13.0. The van der Waals surface area contributed by atoms with Crippen LogP contribution in [0.3, 0.4) is 0 Å². The number of hydrogen-bond donors (Lipinski definition) is 1. The summed E-state index contributed by atoms with van der Waals surface area (Å²) in [6.45, 7) is 29.5. The third-order valence-corrected chi connectivity index (χ3v) is 25.0. The number of fused-ring (bicyclic) bond motifs is 8. The maximum Gasteiger partial charge on any atom is 0.258 e. The number of aliphatic hydroxyl groups excluding tert-OH is 1. The number of nitrogens with zero attached hydrogens (tertiary/aromatic N) is 20. The highest BCUT2D eigenvalue weighted by Crippen LogP contribution is 2.35. The van der Waals surface area contributed by atoms with Gasteiger partial charge >= 0.3 is 0 Å². The standard InChI is InChI=1S/C25H29N5O.C24H27N5O.C23H25N5O2.C23H25N5O/c1-16(2)28-9-7-19(8-10-28)20-5-6-23-27-22(12-24(31)30(23)15-20)21-11-17(3)25-26-18(4)13-29(25)14-21;1-4-27-9-7-18(8-10-27)19-5-6-22-26-21(12-23(30)29(22)15-19)20-11-16(2)24-25-17(3)13-28(24)14-20;1-26-14-19-12-17(2-4-20(19)25-26)21-13-23(30)28-15-18(3-5-22(28)24-21)16-6-8-27(9-7-16)10-11-29;1-15-10-19(13-27-12-16(2)24-23(15)27)20-11-22(29)28-14-18(4-5-21(28)25-20)17-6-8-26(3)9-7-17/h5-6,11-16,19H,7-10H2,1-4H3;5-6,11-15,18H,4,7-10H2,1-3H3;2-5,12-16,29H,6-11H2,1H3;4-5,10-14,17H,6-9H2,1-3H3. The Morgan fingerprint density at radius 3 is 1.07 bits per heavy atom. The van der Waals surface area contributed by atoms with E-state index in [0.717, 1.165) is 201 Å². The molecule has 0 atom stereocenters. The average molecular weight is 1610 g/mol. The van der Waals surface area contributed by atoms with Gasteiger partial charge in [0.2, 0.25) is 0 Å². The lowest BCUT2D eigenvalue weighted by Gasteiger charge is -2.34. The van der Waals surface area contributed by atoms with E-state index < -0.39 is 0 Å². The lowest BCUT2D eigenvalue weighted by atomic mass is 9.90. The summed E-state index contributed by atoms with van der Waals surface area (Å²) in [5, 5.41) is 14.5. The number of likely N-dealkylation sites (tertiary alicyclic amines) is 4. The highest BCUT2D eigenvalue weighted by molar-refractivity contribution is 5.84. The van der Waals surface area contributed by atoms with Crippen molar-refractivity contribution in [2.45, 2.75) is 143 Å². The first kappa shape index (κ1) is 80.4. The van der Waals surface area contributed by atoms with E-state index in [1.165, 1.54) is 22.3 Å². The number of rotatable bonds is 12. The minimum absolute atomic E-state index is 0.0394. The van der Waals surface area contributed by atoms with Gasteiger partial charge in [-0.3, -0.25) is 41.5 Å². The molecule has 0 amide bonds. The number of pyridine rings is 7. The molecule has 0 radical (unpaired) electrons. The number of aryl methyl sites for hydroxylation is 7. The lowest BCUT2D eigenvalue weighted by Crippen LogP contribution is -2.37. The van der Waals surface area contributed by atoms with Crippen LogP contribution < -0.4 is 22.2 Å². The lowest BCUT2D eigenvalue weighted by molar-refractivity contribution is 0.164. The number of aromatic nitrogens is 16. The molecule has 25 heteroatoms. The van der Waals surface area contributed by atoms with Gasteiger partial charge in [-0.05, 0) is 290 Å². The Kier molecular flexibility index (Phi) is 22.8. The Morgan fingerprint density at radius 2 is 0.717 bits per heavy atom. The Hall–Kier alpha value is -12.0. The first-order chi connectivity index (χ1) is 58.0. The second-order valence-electron chi connectivity index (χ2n) is 33.9. The van der Waals surface area contributed by atoms with Gasteiger partial charge in [0.1, 0.15) is 39.5 Å². The molecule has 1 aromatic carbocycles. The molecule has 120 heavy (non-hydrogen) atoms. The molecule has 4 aliphatic heterocycles. The predicted molar refractivity (Wildman–Crippen MR) is 474 cm³/mol. The van der Waals surface area contributed by atoms with Gasteiger partial charge < -0.3 is 37.9 Å². The van der Waals surface area contributed by atoms with Crippen molar-refractivity contribution < 1.29 is 5.11 Å². The number of hydrogen-bond acceptors (Lipinski definition) is 17. The topological polar surface area (TPSA) is 240 Å². The largest absolute Gasteiger partial charge is 0.395 e. The van der Waals surface area contributed by atoms with Crippen LogP contribution in [0.15, 0.2) is 197 Å². The van der Waals surface area contributed by atoms with Crippen LogP contribution in [-0.2, 0) is 7.05 Å². The molecule has 20 rings (SSSR count). The molecule has 25 nitrogen and oxygen atoms in total. The molecule has 0 unspecified atom stereocenters. The molecule has 0 bridgehead atoms. The zero-order chi connectivity index (χ0) is 83.3. The zero-order valence-electron chi connectivity index (χ0n) is 70.6. The van der Waals surface area contributed by atoms with Gasteiger partial charge in [-0.15, -0.1) is 0 Å². The summed E-state index contributed by atoms with van der Waals surface area (Å²) >= 11 is 0. The predicted octanol–water partition coefficient (Wildman–Crippen LogP) is 13.9. The monoisotopic (exact) mass is 1610 g/mol. The molecule has 616 valence electrons. The van der Waals surface area contributed by atoms with Crippen LogP contribution in [0.1, 0.15) is 152 Å². The van der Waals surface area contributed by atoms with Gasteiger partial charge in [-0.25, -0.2) is 34.9 Å². The van der Waals surface area contributed by atoms with Crippen molar-refractivity contribution in [3.8, 4) is 45.0 Å². The van der Waals surface area contributed by atoms with Crippen LogP contribution in [0.5, 0.6) is 0 Å². The molecule has 0 spiro atoms. The van der Waals surface area contributed by atoms with Crippen molar-refractivity contribution in [2.75, 3.05) is 79.1 Å². The smallest absolute Gasteiger partial charge is 0.258 e. The van der Waals surface area contributed by atoms with Crippen LogP contribution in [0.25, 0.3) is 95.5 Å². The summed E-state index contributed by atoms with van der Waals surface area (Å²) in [5.74, 6) is 1.96. The highest BCUT2D eigenvalue weighted by Gasteiger charge is 2.27. The fourth-order valence-corrected chi connectivity index (χ4v) is 18.2. The second kappa shape index (κ2) is 34.0. The molecule has 16 aromatic rings. The first-order valence-corrected chi connectivity index (χ1v) is 42.4. The minimum atomic E-state index is -0.0687. The molecule has 4 aliphatic rings.